The van der Waals surface area contributed by atoms with Crippen molar-refractivity contribution in [3.8, 4) is 5.63 Å². The molecule has 0 bridgehead atoms. The van der Waals surface area contributed by atoms with E-state index in [-0.39, 0.29) is 7.92 Å². The van der Waals surface area contributed by atoms with E-state index in [0.29, 0.717) is 0 Å². The fraction of sp³-hybridized carbons (Fsp3) is 0.500. The Morgan fingerprint density at radius 3 is 2.50 bits per heavy atom. The van der Waals surface area contributed by atoms with Gasteiger partial charge in [0.25, 0.3) is 0 Å². The van der Waals surface area contributed by atoms with Gasteiger partial charge < -0.3 is 0 Å². The van der Waals surface area contributed by atoms with Crippen molar-refractivity contribution in [2.24, 2.45) is 5.92 Å². The first kappa shape index (κ1) is 7.48. The molecule has 0 spiro atoms. The maximum absolute atomic E-state index is 9.88. The maximum atomic E-state index is 9.88. The molecule has 0 aromatic carbocycles. The van der Waals surface area contributed by atoms with E-state index >= 15 is 0 Å². The van der Waals surface area contributed by atoms with E-state index in [2.05, 4.69) is 5.63 Å². The summed E-state index contributed by atoms with van der Waals surface area (Å²) in [6.07, 6.45) is 0. The van der Waals surface area contributed by atoms with Gasteiger partial charge >= 0.3 is 46.8 Å². The number of rotatable bonds is 1. The van der Waals surface area contributed by atoms with Crippen molar-refractivity contribution >= 4 is 13.9 Å². The van der Waals surface area contributed by atoms with Crippen molar-refractivity contribution in [1.82, 2.24) is 0 Å². The molecule has 1 atom stereocenters. The Hall–Kier alpha value is -0.520. The molecule has 0 aliphatic rings. The molecule has 0 saturated carbocycles. The van der Waals surface area contributed by atoms with Crippen LogP contribution in [0.25, 0.3) is 0 Å². The molecule has 1 N–H and O–H groups in total. The molecular formula is C4H5O3P. The Bertz CT molecular complexity index is 178. The molecule has 0 saturated heterocycles. The Morgan fingerprint density at radius 1 is 1.88 bits per heavy atom. The topological polar surface area (TPSA) is 54.4 Å². The first-order chi connectivity index (χ1) is 3.68. The molecule has 0 rings (SSSR count). The second-order valence-corrected chi connectivity index (χ2v) is 1.72. The van der Waals surface area contributed by atoms with E-state index in [1.165, 1.54) is 6.92 Å². The predicted octanol–water partition coefficient (Wildman–Crippen LogP) is 0.958. The quantitative estimate of drug-likeness (QED) is 0.540. The average molecular weight is 132 g/mol. The van der Waals surface area contributed by atoms with Gasteiger partial charge in [-0.3, -0.25) is 0 Å². The molecule has 0 radical (unpaired) electrons. The van der Waals surface area contributed by atoms with Crippen molar-refractivity contribution in [2.75, 3.05) is 0 Å². The summed E-state index contributed by atoms with van der Waals surface area (Å²) in [6.45, 7) is 1.41. The Labute approximate surface area is 47.8 Å². The molecule has 0 aromatic heterocycles. The SMILES string of the molecule is CC(C#P=O)C(=O)O. The van der Waals surface area contributed by atoms with Gasteiger partial charge in [-0.2, -0.15) is 0 Å². The molecule has 1 unspecified atom stereocenters. The third-order valence-corrected chi connectivity index (χ3v) is 1.11. The van der Waals surface area contributed by atoms with E-state index in [0.717, 1.165) is 0 Å². The minimum absolute atomic E-state index is 0.346. The number of carboxylic acids is 1. The fourth-order valence-electron chi connectivity index (χ4n) is 0.134. The summed E-state index contributed by atoms with van der Waals surface area (Å²) >= 11 is 0. The molecule has 0 aliphatic carbocycles. The van der Waals surface area contributed by atoms with Crippen molar-refractivity contribution in [1.29, 1.82) is 0 Å². The van der Waals surface area contributed by atoms with Crippen LogP contribution in [0.5, 0.6) is 0 Å². The molecule has 8 heavy (non-hydrogen) atoms. The molecule has 0 heterocycles. The van der Waals surface area contributed by atoms with E-state index in [1.807, 2.05) is 0 Å². The van der Waals surface area contributed by atoms with Crippen LogP contribution in [0.1, 0.15) is 6.92 Å². The van der Waals surface area contributed by atoms with E-state index < -0.39 is 11.9 Å². The zero-order valence-corrected chi connectivity index (χ0v) is 5.18. The third-order valence-electron chi connectivity index (χ3n) is 0.617. The van der Waals surface area contributed by atoms with Gasteiger partial charge in [-0.25, -0.2) is 0 Å². The first-order valence-corrected chi connectivity index (χ1v) is 2.80. The molecular weight excluding hydrogens is 127 g/mol. The molecule has 0 aliphatic heterocycles. The van der Waals surface area contributed by atoms with Crippen LogP contribution >= 0.6 is 7.92 Å². The predicted molar refractivity (Wildman–Crippen MR) is 28.3 cm³/mol. The Balaban J connectivity index is 3.96. The van der Waals surface area contributed by atoms with Crippen LogP contribution in [0.15, 0.2) is 0 Å². The van der Waals surface area contributed by atoms with Crippen LogP contribution in [-0.4, -0.2) is 11.1 Å². The fourth-order valence-corrected chi connectivity index (χ4v) is 0.403. The van der Waals surface area contributed by atoms with E-state index in [4.69, 9.17) is 5.11 Å². The summed E-state index contributed by atoms with van der Waals surface area (Å²) in [5.41, 5.74) is 2.16. The first-order valence-electron chi connectivity index (χ1n) is 1.99. The number of aliphatic carboxylic acids is 1. The number of hydrogen-bond donors (Lipinski definition) is 1. The number of carbonyl (C=O) groups is 1. The third kappa shape index (κ3) is 2.62. The number of hydrogen-bond acceptors (Lipinski definition) is 2. The zero-order valence-electron chi connectivity index (χ0n) is 4.29. The Morgan fingerprint density at radius 2 is 2.38 bits per heavy atom. The minimum atomic E-state index is -1.01. The van der Waals surface area contributed by atoms with Gasteiger partial charge in [0.1, 0.15) is 0 Å². The van der Waals surface area contributed by atoms with Gasteiger partial charge in [-0.15, -0.1) is 0 Å². The van der Waals surface area contributed by atoms with Crippen molar-refractivity contribution < 1.29 is 14.5 Å². The van der Waals surface area contributed by atoms with Crippen LogP contribution in [0.2, 0.25) is 0 Å². The van der Waals surface area contributed by atoms with E-state index in [1.54, 1.807) is 0 Å². The summed E-state index contributed by atoms with van der Waals surface area (Å²) < 4.78 is 9.64. The van der Waals surface area contributed by atoms with Gasteiger partial charge in [0.05, 0.1) is 0 Å². The van der Waals surface area contributed by atoms with Crippen LogP contribution in [-0.2, 0) is 9.36 Å². The summed E-state index contributed by atoms with van der Waals surface area (Å²) in [5, 5.41) is 8.11. The van der Waals surface area contributed by atoms with E-state index in [9.17, 15) is 9.36 Å². The van der Waals surface area contributed by atoms with Gasteiger partial charge in [-0.1, -0.05) is 0 Å². The molecule has 44 valence electrons. The van der Waals surface area contributed by atoms with Crippen molar-refractivity contribution in [3.63, 3.8) is 0 Å². The Kier molecular flexibility index (Phi) is 3.25. The van der Waals surface area contributed by atoms with Crippen LogP contribution in [0.4, 0.5) is 0 Å². The summed E-state index contributed by atoms with van der Waals surface area (Å²) in [6, 6.07) is 0. The van der Waals surface area contributed by atoms with Gasteiger partial charge in [0.15, 0.2) is 0 Å². The van der Waals surface area contributed by atoms with Crippen LogP contribution in [0.3, 0.4) is 0 Å². The molecule has 0 aromatic rings. The van der Waals surface area contributed by atoms with Crippen LogP contribution < -0.4 is 0 Å². The number of carboxylic acid groups (broad SMARTS) is 1. The molecule has 4 heteroatoms. The zero-order chi connectivity index (χ0) is 6.57. The van der Waals surface area contributed by atoms with Gasteiger partial charge in [0.2, 0.25) is 0 Å². The molecule has 3 nitrogen and oxygen atoms in total. The average Bonchev–Trinajstić information content (AvgIpc) is 1.67. The molecule has 0 amide bonds. The second kappa shape index (κ2) is 3.48. The normalized spacial score (nSPS) is 11.6. The summed E-state index contributed by atoms with van der Waals surface area (Å²) in [4.78, 5) is 9.88. The van der Waals surface area contributed by atoms with Gasteiger partial charge in [-0.05, 0) is 0 Å². The molecule has 0 fully saturated rings. The van der Waals surface area contributed by atoms with Crippen LogP contribution in [0, 0.1) is 11.5 Å². The second-order valence-electron chi connectivity index (χ2n) is 1.28. The standard InChI is InChI=1S/C4H5O3P/c1-3(2-8-7)4(5)6/h3H,1H3,(H,5,6). The van der Waals surface area contributed by atoms with Crippen molar-refractivity contribution in [3.05, 3.63) is 0 Å². The monoisotopic (exact) mass is 132 g/mol. The van der Waals surface area contributed by atoms with Gasteiger partial charge in [0, 0.05) is 0 Å². The summed E-state index contributed by atoms with van der Waals surface area (Å²) in [5.74, 6) is -1.75. The summed E-state index contributed by atoms with van der Waals surface area (Å²) in [7, 11) is -0.346. The van der Waals surface area contributed by atoms with Crippen molar-refractivity contribution in [2.45, 2.75) is 6.92 Å².